The molecule has 0 bridgehead atoms. The summed E-state index contributed by atoms with van der Waals surface area (Å²) in [4.78, 5) is 20.7. The molecule has 0 aliphatic carbocycles. The maximum Gasteiger partial charge on any atom is 0.242 e. The molecule has 4 rings (SSSR count). The standard InChI is InChI=1S/C16H20N8O/c1-11-9-17-12(2)16-18-14(19-24(11)16)7-6-13-10-23(20-21(13)3)22-8-4-5-15(22)25/h6-7,9-10,20H,4-5,8H2,1-3H3/b7-6+. The zero-order valence-corrected chi connectivity index (χ0v) is 14.5. The first-order valence-electron chi connectivity index (χ1n) is 8.21. The lowest BCUT2D eigenvalue weighted by Crippen LogP contribution is -2.49. The molecule has 2 aliphatic heterocycles. The first kappa shape index (κ1) is 15.6. The highest BCUT2D eigenvalue weighted by Crippen LogP contribution is 2.19. The molecule has 2 aliphatic rings. The average molecular weight is 340 g/mol. The Morgan fingerprint density at radius 1 is 1.28 bits per heavy atom. The van der Waals surface area contributed by atoms with E-state index in [0.29, 0.717) is 12.2 Å². The third-order valence-corrected chi connectivity index (χ3v) is 4.33. The Balaban J connectivity index is 1.58. The summed E-state index contributed by atoms with van der Waals surface area (Å²) in [6.07, 6.45) is 8.92. The van der Waals surface area contributed by atoms with E-state index < -0.39 is 0 Å². The van der Waals surface area contributed by atoms with Gasteiger partial charge >= 0.3 is 0 Å². The summed E-state index contributed by atoms with van der Waals surface area (Å²) in [5.41, 5.74) is 6.58. The molecule has 9 nitrogen and oxygen atoms in total. The van der Waals surface area contributed by atoms with Crippen molar-refractivity contribution < 1.29 is 4.79 Å². The number of hydrogen-bond acceptors (Lipinski definition) is 7. The summed E-state index contributed by atoms with van der Waals surface area (Å²) in [5.74, 6) is 0.743. The number of carbonyl (C=O) groups is 1. The minimum Gasteiger partial charge on any atom is -0.291 e. The van der Waals surface area contributed by atoms with Gasteiger partial charge in [0.15, 0.2) is 11.5 Å². The molecular formula is C16H20N8O. The highest BCUT2D eigenvalue weighted by atomic mass is 16.2. The first-order chi connectivity index (χ1) is 12.0. The Hall–Kier alpha value is -2.94. The number of allylic oxidation sites excluding steroid dienone is 1. The first-order valence-corrected chi connectivity index (χ1v) is 8.21. The van der Waals surface area contributed by atoms with Crippen LogP contribution in [0.5, 0.6) is 0 Å². The van der Waals surface area contributed by atoms with E-state index in [4.69, 9.17) is 0 Å². The number of amides is 1. The average Bonchev–Trinajstić information content (AvgIpc) is 3.28. The molecule has 2 aromatic heterocycles. The lowest BCUT2D eigenvalue weighted by atomic mass is 10.4. The van der Waals surface area contributed by atoms with Crippen LogP contribution in [0.25, 0.3) is 11.7 Å². The van der Waals surface area contributed by atoms with E-state index in [0.717, 1.165) is 35.7 Å². The molecule has 1 saturated heterocycles. The summed E-state index contributed by atoms with van der Waals surface area (Å²) in [6.45, 7) is 4.59. The van der Waals surface area contributed by atoms with Crippen LogP contribution in [0.15, 0.2) is 24.2 Å². The van der Waals surface area contributed by atoms with E-state index in [1.165, 1.54) is 0 Å². The van der Waals surface area contributed by atoms with Gasteiger partial charge in [-0.25, -0.2) is 19.6 Å². The van der Waals surface area contributed by atoms with Gasteiger partial charge in [0.2, 0.25) is 5.91 Å². The summed E-state index contributed by atoms with van der Waals surface area (Å²) < 4.78 is 1.79. The van der Waals surface area contributed by atoms with Gasteiger partial charge in [-0.15, -0.1) is 10.6 Å². The largest absolute Gasteiger partial charge is 0.291 e. The fourth-order valence-electron chi connectivity index (χ4n) is 2.93. The molecule has 0 aromatic carbocycles. The minimum absolute atomic E-state index is 0.128. The van der Waals surface area contributed by atoms with Crippen LogP contribution >= 0.6 is 0 Å². The summed E-state index contributed by atoms with van der Waals surface area (Å²) >= 11 is 0. The molecule has 0 spiro atoms. The van der Waals surface area contributed by atoms with Crippen molar-refractivity contribution in [3.05, 3.63) is 41.4 Å². The molecule has 130 valence electrons. The number of nitrogens with one attached hydrogen (secondary N) is 1. The third kappa shape index (κ3) is 2.72. The monoisotopic (exact) mass is 340 g/mol. The number of aryl methyl sites for hydroxylation is 2. The van der Waals surface area contributed by atoms with E-state index in [-0.39, 0.29) is 5.91 Å². The predicted octanol–water partition coefficient (Wildman–Crippen LogP) is 0.800. The van der Waals surface area contributed by atoms with Crippen LogP contribution in [-0.4, -0.2) is 54.2 Å². The van der Waals surface area contributed by atoms with Gasteiger partial charge in [-0.1, -0.05) is 0 Å². The van der Waals surface area contributed by atoms with Gasteiger partial charge in [0.1, 0.15) is 0 Å². The number of hydrogen-bond donors (Lipinski definition) is 1. The Kier molecular flexibility index (Phi) is 3.65. The number of rotatable bonds is 3. The Morgan fingerprint density at radius 2 is 2.12 bits per heavy atom. The second-order valence-corrected chi connectivity index (χ2v) is 6.20. The van der Waals surface area contributed by atoms with Crippen LogP contribution in [0, 0.1) is 13.8 Å². The van der Waals surface area contributed by atoms with Crippen molar-refractivity contribution in [2.75, 3.05) is 13.6 Å². The number of aromatic nitrogens is 4. The Morgan fingerprint density at radius 3 is 2.84 bits per heavy atom. The predicted molar refractivity (Wildman–Crippen MR) is 91.1 cm³/mol. The molecule has 25 heavy (non-hydrogen) atoms. The van der Waals surface area contributed by atoms with Crippen molar-refractivity contribution in [2.24, 2.45) is 0 Å². The molecular weight excluding hydrogens is 320 g/mol. The van der Waals surface area contributed by atoms with Crippen LogP contribution in [0.2, 0.25) is 0 Å². The fourth-order valence-corrected chi connectivity index (χ4v) is 2.93. The maximum atomic E-state index is 11.9. The quantitative estimate of drug-likeness (QED) is 0.885. The molecule has 0 unspecified atom stereocenters. The van der Waals surface area contributed by atoms with E-state index >= 15 is 0 Å². The van der Waals surface area contributed by atoms with Crippen molar-refractivity contribution in [2.45, 2.75) is 26.7 Å². The third-order valence-electron chi connectivity index (χ3n) is 4.33. The lowest BCUT2D eigenvalue weighted by molar-refractivity contribution is -0.145. The fraction of sp³-hybridized carbons (Fsp3) is 0.375. The minimum atomic E-state index is 0.128. The lowest BCUT2D eigenvalue weighted by Gasteiger charge is -2.28. The van der Waals surface area contributed by atoms with Crippen LogP contribution < -0.4 is 5.53 Å². The Labute approximate surface area is 145 Å². The second kappa shape index (κ2) is 5.85. The molecule has 0 radical (unpaired) electrons. The zero-order chi connectivity index (χ0) is 17.6. The van der Waals surface area contributed by atoms with Gasteiger partial charge in [-0.2, -0.15) is 0 Å². The van der Waals surface area contributed by atoms with Crippen LogP contribution in [-0.2, 0) is 4.79 Å². The van der Waals surface area contributed by atoms with Gasteiger partial charge in [0, 0.05) is 26.2 Å². The topological polar surface area (TPSA) is 81.9 Å². The smallest absolute Gasteiger partial charge is 0.242 e. The van der Waals surface area contributed by atoms with Crippen LogP contribution in [0.3, 0.4) is 0 Å². The van der Waals surface area contributed by atoms with E-state index in [9.17, 15) is 4.79 Å². The normalized spacial score (nSPS) is 18.3. The van der Waals surface area contributed by atoms with E-state index in [1.807, 2.05) is 44.3 Å². The van der Waals surface area contributed by atoms with Crippen molar-refractivity contribution in [1.82, 2.24) is 40.3 Å². The van der Waals surface area contributed by atoms with Crippen molar-refractivity contribution in [1.29, 1.82) is 0 Å². The molecule has 4 heterocycles. The molecule has 1 N–H and O–H groups in total. The molecule has 9 heteroatoms. The summed E-state index contributed by atoms with van der Waals surface area (Å²) in [7, 11) is 1.89. The Bertz CT molecular complexity index is 860. The molecule has 1 fully saturated rings. The highest BCUT2D eigenvalue weighted by molar-refractivity contribution is 5.77. The molecule has 2 aromatic rings. The van der Waals surface area contributed by atoms with Crippen molar-refractivity contribution in [3.63, 3.8) is 0 Å². The number of nitrogens with zero attached hydrogens (tertiary/aromatic N) is 7. The molecule has 0 saturated carbocycles. The maximum absolute atomic E-state index is 11.9. The second-order valence-electron chi connectivity index (χ2n) is 6.20. The SMILES string of the molecule is Cc1ncc(C)n2nc(/C=C/C3=CN(N4CCCC4=O)NN3C)nc12. The zero-order valence-electron chi connectivity index (χ0n) is 14.5. The van der Waals surface area contributed by atoms with Crippen LogP contribution in [0.4, 0.5) is 0 Å². The summed E-state index contributed by atoms with van der Waals surface area (Å²) in [6, 6.07) is 0. The van der Waals surface area contributed by atoms with Crippen molar-refractivity contribution in [3.8, 4) is 0 Å². The van der Waals surface area contributed by atoms with Gasteiger partial charge in [-0.3, -0.25) is 14.8 Å². The van der Waals surface area contributed by atoms with Gasteiger partial charge in [0.05, 0.1) is 23.3 Å². The number of hydrazine groups is 3. The summed E-state index contributed by atoms with van der Waals surface area (Å²) in [5, 5.41) is 9.78. The van der Waals surface area contributed by atoms with Gasteiger partial charge in [-0.05, 0) is 32.4 Å². The van der Waals surface area contributed by atoms with Gasteiger partial charge < -0.3 is 0 Å². The highest BCUT2D eigenvalue weighted by Gasteiger charge is 2.28. The number of fused-ring (bicyclic) bond motifs is 1. The number of carbonyl (C=O) groups excluding carboxylic acids is 1. The van der Waals surface area contributed by atoms with Crippen molar-refractivity contribution >= 4 is 17.6 Å². The van der Waals surface area contributed by atoms with E-state index in [1.54, 1.807) is 20.8 Å². The van der Waals surface area contributed by atoms with Gasteiger partial charge in [0.25, 0.3) is 0 Å². The van der Waals surface area contributed by atoms with Crippen LogP contribution in [0.1, 0.15) is 30.1 Å². The number of likely N-dealkylation sites (N-methyl/N-ethyl adjacent to an activating group) is 1. The van der Waals surface area contributed by atoms with E-state index in [2.05, 4.69) is 20.6 Å². The molecule has 1 amide bonds. The molecule has 0 atom stereocenters.